The van der Waals surface area contributed by atoms with Crippen molar-refractivity contribution < 1.29 is 9.53 Å². The van der Waals surface area contributed by atoms with Gasteiger partial charge in [0.05, 0.1) is 0 Å². The minimum absolute atomic E-state index is 0.156. The summed E-state index contributed by atoms with van der Waals surface area (Å²) in [5.41, 5.74) is 5.55. The van der Waals surface area contributed by atoms with Crippen molar-refractivity contribution >= 4 is 11.4 Å². The SMILES string of the molecule is CC(C)(C)C1=CC(=C2c3ccccc3Oc3ccccc32)C=C(C(C)(C)C)C1=O. The van der Waals surface area contributed by atoms with Gasteiger partial charge in [0.2, 0.25) is 0 Å². The Labute approximate surface area is 173 Å². The van der Waals surface area contributed by atoms with E-state index in [0.29, 0.717) is 0 Å². The third-order valence-electron chi connectivity index (χ3n) is 5.53. The van der Waals surface area contributed by atoms with Crippen LogP contribution in [0, 0.1) is 10.8 Å². The number of ketones is 1. The maximum absolute atomic E-state index is 13.4. The first-order chi connectivity index (χ1) is 13.6. The summed E-state index contributed by atoms with van der Waals surface area (Å²) in [5.74, 6) is 1.85. The third-order valence-corrected chi connectivity index (χ3v) is 5.53. The fraction of sp³-hybridized carbons (Fsp3) is 0.296. The molecule has 0 bridgehead atoms. The lowest BCUT2D eigenvalue weighted by Gasteiger charge is -2.33. The highest BCUT2D eigenvalue weighted by molar-refractivity contribution is 6.13. The second kappa shape index (κ2) is 6.59. The van der Waals surface area contributed by atoms with E-state index in [2.05, 4.69) is 65.8 Å². The molecule has 4 rings (SSSR count). The lowest BCUT2D eigenvalue weighted by Crippen LogP contribution is -2.28. The van der Waals surface area contributed by atoms with Gasteiger partial charge in [0.15, 0.2) is 5.78 Å². The van der Waals surface area contributed by atoms with Gasteiger partial charge in [-0.2, -0.15) is 0 Å². The molecule has 1 heterocycles. The van der Waals surface area contributed by atoms with Gasteiger partial charge in [0.25, 0.3) is 0 Å². The Morgan fingerprint density at radius 2 is 1.07 bits per heavy atom. The Balaban J connectivity index is 2.09. The number of hydrogen-bond acceptors (Lipinski definition) is 2. The molecule has 0 spiro atoms. The standard InChI is InChI=1S/C27H28O2/c1-26(2,3)20-15-17(16-21(25(20)28)27(4,5)6)24-18-11-7-9-13-22(18)29-23-14-10-8-12-19(23)24/h7-16H,1-6H3. The molecule has 0 unspecified atom stereocenters. The zero-order valence-electron chi connectivity index (χ0n) is 18.1. The number of allylic oxidation sites excluding steroid dienone is 5. The highest BCUT2D eigenvalue weighted by Gasteiger charge is 2.35. The Hall–Kier alpha value is -2.87. The van der Waals surface area contributed by atoms with Crippen molar-refractivity contribution in [2.75, 3.05) is 0 Å². The van der Waals surface area contributed by atoms with Crippen LogP contribution >= 0.6 is 0 Å². The van der Waals surface area contributed by atoms with E-state index < -0.39 is 0 Å². The molecule has 2 aromatic rings. The number of fused-ring (bicyclic) bond motifs is 2. The van der Waals surface area contributed by atoms with Gasteiger partial charge in [-0.25, -0.2) is 0 Å². The Bertz CT molecular complexity index is 1010. The largest absolute Gasteiger partial charge is 0.456 e. The molecule has 2 heteroatoms. The van der Waals surface area contributed by atoms with E-state index in [1.807, 2.05) is 36.4 Å². The highest BCUT2D eigenvalue weighted by atomic mass is 16.5. The number of hydrogen-bond donors (Lipinski definition) is 0. The van der Waals surface area contributed by atoms with Gasteiger partial charge < -0.3 is 4.74 Å². The highest BCUT2D eigenvalue weighted by Crippen LogP contribution is 2.48. The van der Waals surface area contributed by atoms with Crippen molar-refractivity contribution in [1.82, 2.24) is 0 Å². The fourth-order valence-corrected chi connectivity index (χ4v) is 3.99. The summed E-state index contributed by atoms with van der Waals surface area (Å²) in [7, 11) is 0. The first-order valence-electron chi connectivity index (χ1n) is 10.2. The molecule has 0 aromatic heterocycles. The molecule has 2 aromatic carbocycles. The summed E-state index contributed by atoms with van der Waals surface area (Å²) in [5, 5.41) is 0. The molecule has 0 N–H and O–H groups in total. The summed E-state index contributed by atoms with van der Waals surface area (Å²) in [4.78, 5) is 13.4. The molecule has 0 saturated carbocycles. The topological polar surface area (TPSA) is 26.3 Å². The summed E-state index contributed by atoms with van der Waals surface area (Å²) < 4.78 is 6.17. The number of benzene rings is 2. The predicted molar refractivity (Wildman–Crippen MR) is 119 cm³/mol. The number of para-hydroxylation sites is 2. The number of Topliss-reactive ketones (excluding diaryl/α,β-unsaturated/α-hetero) is 1. The Morgan fingerprint density at radius 3 is 1.48 bits per heavy atom. The second-order valence-electron chi connectivity index (χ2n) is 9.87. The molecule has 0 radical (unpaired) electrons. The maximum atomic E-state index is 13.4. The van der Waals surface area contributed by atoms with E-state index in [4.69, 9.17) is 4.74 Å². The number of rotatable bonds is 0. The third kappa shape index (κ3) is 3.37. The van der Waals surface area contributed by atoms with Crippen molar-refractivity contribution in [3.8, 4) is 11.5 Å². The van der Waals surface area contributed by atoms with E-state index in [9.17, 15) is 4.79 Å². The summed E-state index contributed by atoms with van der Waals surface area (Å²) in [6.07, 6.45) is 4.18. The van der Waals surface area contributed by atoms with Crippen LogP contribution in [-0.2, 0) is 4.79 Å². The molecule has 1 aliphatic heterocycles. The molecule has 0 fully saturated rings. The van der Waals surface area contributed by atoms with Crippen molar-refractivity contribution in [3.05, 3.63) is 88.5 Å². The quantitative estimate of drug-likeness (QED) is 0.412. The molecule has 148 valence electrons. The second-order valence-corrected chi connectivity index (χ2v) is 9.87. The average molecular weight is 385 g/mol. The first-order valence-corrected chi connectivity index (χ1v) is 10.2. The maximum Gasteiger partial charge on any atom is 0.186 e. The predicted octanol–water partition coefficient (Wildman–Crippen LogP) is 7.12. The number of carbonyl (C=O) groups excluding carboxylic acids is 1. The van der Waals surface area contributed by atoms with Gasteiger partial charge in [-0.15, -0.1) is 0 Å². The van der Waals surface area contributed by atoms with Crippen molar-refractivity contribution in [2.24, 2.45) is 10.8 Å². The molecule has 0 saturated heterocycles. The van der Waals surface area contributed by atoms with E-state index in [-0.39, 0.29) is 16.6 Å². The summed E-state index contributed by atoms with van der Waals surface area (Å²) >= 11 is 0. The van der Waals surface area contributed by atoms with Gasteiger partial charge in [0, 0.05) is 27.8 Å². The van der Waals surface area contributed by atoms with E-state index in [1.54, 1.807) is 0 Å². The minimum Gasteiger partial charge on any atom is -0.456 e. The van der Waals surface area contributed by atoms with Gasteiger partial charge in [-0.05, 0) is 40.7 Å². The average Bonchev–Trinajstić information content (AvgIpc) is 2.64. The monoisotopic (exact) mass is 384 g/mol. The van der Waals surface area contributed by atoms with Gasteiger partial charge in [-0.1, -0.05) is 77.9 Å². The first kappa shape index (κ1) is 19.4. The van der Waals surface area contributed by atoms with Crippen LogP contribution in [0.1, 0.15) is 52.7 Å². The fourth-order valence-electron chi connectivity index (χ4n) is 3.99. The molecular weight excluding hydrogens is 356 g/mol. The zero-order valence-corrected chi connectivity index (χ0v) is 18.1. The van der Waals surface area contributed by atoms with Crippen molar-refractivity contribution in [1.29, 1.82) is 0 Å². The normalized spacial score (nSPS) is 16.6. The zero-order chi connectivity index (χ0) is 21.0. The van der Waals surface area contributed by atoms with Crippen molar-refractivity contribution in [3.63, 3.8) is 0 Å². The van der Waals surface area contributed by atoms with E-state index >= 15 is 0 Å². The van der Waals surface area contributed by atoms with Crippen LogP contribution in [0.3, 0.4) is 0 Å². The lowest BCUT2D eigenvalue weighted by atomic mass is 9.71. The van der Waals surface area contributed by atoms with Crippen LogP contribution in [0.4, 0.5) is 0 Å². The van der Waals surface area contributed by atoms with Gasteiger partial charge in [0.1, 0.15) is 11.5 Å². The van der Waals surface area contributed by atoms with Crippen LogP contribution in [0.2, 0.25) is 0 Å². The lowest BCUT2D eigenvalue weighted by molar-refractivity contribution is -0.114. The Kier molecular flexibility index (Phi) is 4.42. The number of carbonyl (C=O) groups is 1. The summed E-state index contributed by atoms with van der Waals surface area (Å²) in [6.45, 7) is 12.6. The van der Waals surface area contributed by atoms with Crippen molar-refractivity contribution in [2.45, 2.75) is 41.5 Å². The number of ether oxygens (including phenoxy) is 1. The Morgan fingerprint density at radius 1 is 0.655 bits per heavy atom. The van der Waals surface area contributed by atoms with E-state index in [1.165, 1.54) is 0 Å². The van der Waals surface area contributed by atoms with Crippen LogP contribution in [0.15, 0.2) is 77.4 Å². The molecule has 2 aliphatic rings. The molecule has 1 aliphatic carbocycles. The van der Waals surface area contributed by atoms with Crippen LogP contribution < -0.4 is 4.74 Å². The van der Waals surface area contributed by atoms with Crippen LogP contribution in [-0.4, -0.2) is 5.78 Å². The molecule has 29 heavy (non-hydrogen) atoms. The smallest absolute Gasteiger partial charge is 0.186 e. The molecular formula is C27H28O2. The van der Waals surface area contributed by atoms with Gasteiger partial charge in [-0.3, -0.25) is 4.79 Å². The van der Waals surface area contributed by atoms with Crippen LogP contribution in [0.25, 0.3) is 5.57 Å². The minimum atomic E-state index is -0.238. The summed E-state index contributed by atoms with van der Waals surface area (Å²) in [6, 6.07) is 16.3. The van der Waals surface area contributed by atoms with Gasteiger partial charge >= 0.3 is 0 Å². The molecule has 0 amide bonds. The van der Waals surface area contributed by atoms with Crippen LogP contribution in [0.5, 0.6) is 11.5 Å². The molecule has 0 atom stereocenters. The molecule has 2 nitrogen and oxygen atoms in total. The van der Waals surface area contributed by atoms with E-state index in [0.717, 1.165) is 44.9 Å².